The molecule has 0 unspecified atom stereocenters. The SMILES string of the molecule is COc1cc(C(=O)Nc2nnc(-c3ccnn3C(C)C)o2)cc(OC)c1OC. The van der Waals surface area contributed by atoms with Crippen LogP contribution in [0.5, 0.6) is 17.2 Å². The van der Waals surface area contributed by atoms with Gasteiger partial charge in [-0.05, 0) is 32.0 Å². The first kappa shape index (κ1) is 19.2. The molecule has 1 amide bonds. The van der Waals surface area contributed by atoms with Gasteiger partial charge in [0.05, 0.1) is 21.3 Å². The van der Waals surface area contributed by atoms with E-state index in [1.807, 2.05) is 13.8 Å². The topological polar surface area (TPSA) is 114 Å². The van der Waals surface area contributed by atoms with Crippen LogP contribution < -0.4 is 19.5 Å². The third-order valence-electron chi connectivity index (χ3n) is 3.95. The number of anilines is 1. The number of carbonyl (C=O) groups excluding carboxylic acids is 1. The Hall–Kier alpha value is -3.56. The number of ether oxygens (including phenoxy) is 3. The number of rotatable bonds is 7. The van der Waals surface area contributed by atoms with Crippen LogP contribution in [0.2, 0.25) is 0 Å². The predicted molar refractivity (Wildman–Crippen MR) is 100.0 cm³/mol. The first-order valence-corrected chi connectivity index (χ1v) is 8.47. The number of aromatic nitrogens is 4. The van der Waals surface area contributed by atoms with E-state index in [1.54, 1.807) is 16.9 Å². The molecule has 0 saturated carbocycles. The van der Waals surface area contributed by atoms with Crippen LogP contribution >= 0.6 is 0 Å². The van der Waals surface area contributed by atoms with Crippen molar-refractivity contribution in [1.82, 2.24) is 20.0 Å². The minimum Gasteiger partial charge on any atom is -0.493 e. The van der Waals surface area contributed by atoms with Gasteiger partial charge in [-0.3, -0.25) is 14.8 Å². The lowest BCUT2D eigenvalue weighted by Crippen LogP contribution is -2.13. The first-order valence-electron chi connectivity index (χ1n) is 8.47. The van der Waals surface area contributed by atoms with Crippen molar-refractivity contribution in [3.8, 4) is 28.8 Å². The molecule has 0 radical (unpaired) electrons. The molecule has 10 nitrogen and oxygen atoms in total. The van der Waals surface area contributed by atoms with Gasteiger partial charge in [-0.1, -0.05) is 5.10 Å². The minimum absolute atomic E-state index is 0.0368. The van der Waals surface area contributed by atoms with E-state index in [2.05, 4.69) is 20.6 Å². The molecule has 10 heteroatoms. The van der Waals surface area contributed by atoms with Gasteiger partial charge in [0.2, 0.25) is 5.75 Å². The van der Waals surface area contributed by atoms with Crippen molar-refractivity contribution in [3.63, 3.8) is 0 Å². The molecule has 0 saturated heterocycles. The van der Waals surface area contributed by atoms with E-state index >= 15 is 0 Å². The zero-order valence-electron chi connectivity index (χ0n) is 16.2. The summed E-state index contributed by atoms with van der Waals surface area (Å²) < 4.78 is 23.1. The first-order chi connectivity index (χ1) is 13.5. The van der Waals surface area contributed by atoms with Gasteiger partial charge < -0.3 is 18.6 Å². The maximum atomic E-state index is 12.6. The summed E-state index contributed by atoms with van der Waals surface area (Å²) >= 11 is 0. The quantitative estimate of drug-likeness (QED) is 0.658. The highest BCUT2D eigenvalue weighted by atomic mass is 16.5. The second-order valence-electron chi connectivity index (χ2n) is 6.04. The van der Waals surface area contributed by atoms with Gasteiger partial charge in [-0.2, -0.15) is 5.10 Å². The molecule has 0 bridgehead atoms. The lowest BCUT2D eigenvalue weighted by Gasteiger charge is -2.13. The molecule has 0 spiro atoms. The van der Waals surface area contributed by atoms with E-state index in [-0.39, 0.29) is 23.5 Å². The molecule has 2 aromatic heterocycles. The van der Waals surface area contributed by atoms with Crippen molar-refractivity contribution in [2.24, 2.45) is 0 Å². The van der Waals surface area contributed by atoms with Gasteiger partial charge in [-0.25, -0.2) is 0 Å². The van der Waals surface area contributed by atoms with Gasteiger partial charge in [0, 0.05) is 17.8 Å². The highest BCUT2D eigenvalue weighted by Gasteiger charge is 2.20. The van der Waals surface area contributed by atoms with E-state index in [1.165, 1.54) is 33.5 Å². The molecule has 3 aromatic rings. The van der Waals surface area contributed by atoms with Crippen molar-refractivity contribution < 1.29 is 23.4 Å². The van der Waals surface area contributed by atoms with Crippen LogP contribution in [-0.4, -0.2) is 47.2 Å². The Morgan fingerprint density at radius 1 is 1.11 bits per heavy atom. The third kappa shape index (κ3) is 3.61. The number of hydrogen-bond acceptors (Lipinski definition) is 8. The summed E-state index contributed by atoms with van der Waals surface area (Å²) in [4.78, 5) is 12.6. The molecule has 28 heavy (non-hydrogen) atoms. The van der Waals surface area contributed by atoms with Crippen LogP contribution in [0, 0.1) is 0 Å². The number of benzene rings is 1. The van der Waals surface area contributed by atoms with E-state index < -0.39 is 5.91 Å². The van der Waals surface area contributed by atoms with Gasteiger partial charge in [0.25, 0.3) is 11.8 Å². The van der Waals surface area contributed by atoms with Gasteiger partial charge in [0.15, 0.2) is 11.5 Å². The summed E-state index contributed by atoms with van der Waals surface area (Å²) in [5.74, 6) is 0.903. The average molecular weight is 387 g/mol. The van der Waals surface area contributed by atoms with Gasteiger partial charge in [-0.15, -0.1) is 5.10 Å². The zero-order valence-corrected chi connectivity index (χ0v) is 16.2. The predicted octanol–water partition coefficient (Wildman–Crippen LogP) is 2.79. The second-order valence-corrected chi connectivity index (χ2v) is 6.04. The van der Waals surface area contributed by atoms with Crippen LogP contribution in [0.4, 0.5) is 6.01 Å². The molecule has 3 rings (SSSR count). The Morgan fingerprint density at radius 2 is 1.79 bits per heavy atom. The van der Waals surface area contributed by atoms with Crippen molar-refractivity contribution in [3.05, 3.63) is 30.0 Å². The maximum Gasteiger partial charge on any atom is 0.322 e. The fourth-order valence-electron chi connectivity index (χ4n) is 2.65. The van der Waals surface area contributed by atoms with Crippen LogP contribution in [0.1, 0.15) is 30.2 Å². The highest BCUT2D eigenvalue weighted by Crippen LogP contribution is 2.38. The Balaban J connectivity index is 1.84. The van der Waals surface area contributed by atoms with Crippen molar-refractivity contribution in [2.75, 3.05) is 26.6 Å². The van der Waals surface area contributed by atoms with Crippen LogP contribution in [-0.2, 0) is 0 Å². The molecular formula is C18H21N5O5. The van der Waals surface area contributed by atoms with Crippen LogP contribution in [0.3, 0.4) is 0 Å². The standard InChI is InChI=1S/C18H21N5O5/c1-10(2)23-12(6-7-19-23)17-21-22-18(28-17)20-16(24)11-8-13(25-3)15(27-5)14(9-11)26-4/h6-10H,1-5H3,(H,20,22,24). The summed E-state index contributed by atoms with van der Waals surface area (Å²) in [5, 5.41) is 14.7. The number of nitrogens with one attached hydrogen (secondary N) is 1. The largest absolute Gasteiger partial charge is 0.493 e. The number of methoxy groups -OCH3 is 3. The van der Waals surface area contributed by atoms with E-state index in [9.17, 15) is 4.79 Å². The molecule has 0 aliphatic rings. The Morgan fingerprint density at radius 3 is 2.36 bits per heavy atom. The smallest absolute Gasteiger partial charge is 0.322 e. The third-order valence-corrected chi connectivity index (χ3v) is 3.95. The van der Waals surface area contributed by atoms with E-state index in [0.717, 1.165) is 0 Å². The van der Waals surface area contributed by atoms with E-state index in [4.69, 9.17) is 18.6 Å². The van der Waals surface area contributed by atoms with E-state index in [0.29, 0.717) is 22.9 Å². The summed E-state index contributed by atoms with van der Waals surface area (Å²) in [6, 6.07) is 4.90. The molecule has 2 heterocycles. The van der Waals surface area contributed by atoms with Crippen LogP contribution in [0.25, 0.3) is 11.6 Å². The summed E-state index contributed by atoms with van der Waals surface area (Å²) in [6.07, 6.45) is 1.65. The fraction of sp³-hybridized carbons (Fsp3) is 0.333. The summed E-state index contributed by atoms with van der Waals surface area (Å²) in [6.45, 7) is 3.97. The van der Waals surface area contributed by atoms with Gasteiger partial charge in [0.1, 0.15) is 5.69 Å². The molecule has 0 atom stereocenters. The molecule has 0 fully saturated rings. The summed E-state index contributed by atoms with van der Waals surface area (Å²) in [5.41, 5.74) is 0.942. The normalized spacial score (nSPS) is 10.8. The number of carbonyl (C=O) groups is 1. The minimum atomic E-state index is -0.466. The maximum absolute atomic E-state index is 12.6. The Bertz CT molecular complexity index is 953. The second kappa shape index (κ2) is 7.99. The monoisotopic (exact) mass is 387 g/mol. The average Bonchev–Trinajstić information content (AvgIpc) is 3.35. The highest BCUT2D eigenvalue weighted by molar-refractivity contribution is 6.04. The Labute approximate surface area is 161 Å². The molecular weight excluding hydrogens is 366 g/mol. The van der Waals surface area contributed by atoms with Crippen molar-refractivity contribution in [1.29, 1.82) is 0 Å². The number of nitrogens with zero attached hydrogens (tertiary/aromatic N) is 4. The molecule has 0 aliphatic heterocycles. The summed E-state index contributed by atoms with van der Waals surface area (Å²) in [7, 11) is 4.43. The molecule has 1 N–H and O–H groups in total. The van der Waals surface area contributed by atoms with Gasteiger partial charge >= 0.3 is 6.01 Å². The Kier molecular flexibility index (Phi) is 5.48. The molecule has 148 valence electrons. The lowest BCUT2D eigenvalue weighted by molar-refractivity contribution is 0.102. The fourth-order valence-corrected chi connectivity index (χ4v) is 2.65. The van der Waals surface area contributed by atoms with Crippen molar-refractivity contribution in [2.45, 2.75) is 19.9 Å². The zero-order chi connectivity index (χ0) is 20.3. The number of amides is 1. The van der Waals surface area contributed by atoms with Crippen molar-refractivity contribution >= 4 is 11.9 Å². The molecule has 0 aliphatic carbocycles. The molecule has 1 aromatic carbocycles. The number of hydrogen-bond donors (Lipinski definition) is 1. The van der Waals surface area contributed by atoms with Crippen LogP contribution in [0.15, 0.2) is 28.8 Å². The lowest BCUT2D eigenvalue weighted by atomic mass is 10.1.